The number of nitriles is 1. The van der Waals surface area contributed by atoms with Crippen molar-refractivity contribution in [3.63, 3.8) is 0 Å². The Morgan fingerprint density at radius 1 is 1.32 bits per heavy atom. The lowest BCUT2D eigenvalue weighted by atomic mass is 9.96. The fraction of sp³-hybridized carbons (Fsp3) is 0.357. The van der Waals surface area contributed by atoms with Gasteiger partial charge in [-0.2, -0.15) is 9.65 Å². The molecule has 0 radical (unpaired) electrons. The Hall–Kier alpha value is -4.30. The minimum atomic E-state index is -1.11. The van der Waals surface area contributed by atoms with Crippen LogP contribution in [0.5, 0.6) is 0 Å². The third-order valence-electron chi connectivity index (χ3n) is 6.92. The number of hydrogen-bond acceptors (Lipinski definition) is 8. The van der Waals surface area contributed by atoms with E-state index in [-0.39, 0.29) is 5.41 Å². The van der Waals surface area contributed by atoms with Gasteiger partial charge in [0.05, 0.1) is 34.0 Å². The van der Waals surface area contributed by atoms with Gasteiger partial charge in [0, 0.05) is 35.1 Å². The third kappa shape index (κ3) is 5.14. The number of nitrogens with zero attached hydrogens (tertiary/aromatic N) is 6. The molecule has 1 aliphatic carbocycles. The standard InChI is InChI=1S/C28H28ClFN8O2/c1-15-18(5-6-22(30)34-15)25(21-13-38(37-36-21)28(7-8-28)26(39)40)35-17-9-19-23(33-14-27(2,3)4)16(11-31)12-32-24(19)20(29)10-17/h5-6,9-10,12-13,25,35H,7-8,14H2,1-4H3,(H,32,33)(H,39,40). The van der Waals surface area contributed by atoms with Crippen LogP contribution in [0.15, 0.2) is 36.7 Å². The number of carboxylic acids is 1. The van der Waals surface area contributed by atoms with E-state index in [9.17, 15) is 19.6 Å². The second kappa shape index (κ2) is 10.0. The number of aromatic nitrogens is 5. The maximum Gasteiger partial charge on any atom is 0.331 e. The molecular weight excluding hydrogens is 535 g/mol. The first-order valence-corrected chi connectivity index (χ1v) is 13.1. The molecule has 3 N–H and O–H groups in total. The van der Waals surface area contributed by atoms with Crippen molar-refractivity contribution in [1.29, 1.82) is 5.26 Å². The SMILES string of the molecule is Cc1nc(F)ccc1C(Nc1cc(Cl)c2ncc(C#N)c(NCC(C)(C)C)c2c1)c1cn(C2(C(=O)O)CC2)nn1. The maximum atomic E-state index is 13.9. The van der Waals surface area contributed by atoms with Gasteiger partial charge in [0.2, 0.25) is 5.95 Å². The second-order valence-corrected chi connectivity index (χ2v) is 11.6. The van der Waals surface area contributed by atoms with E-state index in [0.717, 1.165) is 0 Å². The molecule has 1 fully saturated rings. The fourth-order valence-electron chi connectivity index (χ4n) is 4.57. The van der Waals surface area contributed by atoms with Crippen LogP contribution in [-0.4, -0.2) is 42.6 Å². The van der Waals surface area contributed by atoms with Gasteiger partial charge < -0.3 is 15.7 Å². The number of hydrogen-bond donors (Lipinski definition) is 3. The molecule has 1 unspecified atom stereocenters. The van der Waals surface area contributed by atoms with Gasteiger partial charge in [0.1, 0.15) is 11.8 Å². The molecule has 0 saturated heterocycles. The highest BCUT2D eigenvalue weighted by molar-refractivity contribution is 6.35. The van der Waals surface area contributed by atoms with E-state index in [2.05, 4.69) is 57.8 Å². The molecule has 1 aliphatic rings. The van der Waals surface area contributed by atoms with Gasteiger partial charge in [-0.25, -0.2) is 14.5 Å². The van der Waals surface area contributed by atoms with Crippen LogP contribution in [0.4, 0.5) is 15.8 Å². The average Bonchev–Trinajstić information content (AvgIpc) is 3.56. The van der Waals surface area contributed by atoms with Gasteiger partial charge in [0.25, 0.3) is 0 Å². The van der Waals surface area contributed by atoms with Gasteiger partial charge in [0.15, 0.2) is 5.54 Å². The maximum absolute atomic E-state index is 13.9. The Labute approximate surface area is 235 Å². The summed E-state index contributed by atoms with van der Waals surface area (Å²) in [7, 11) is 0. The van der Waals surface area contributed by atoms with Crippen molar-refractivity contribution in [2.75, 3.05) is 17.2 Å². The van der Waals surface area contributed by atoms with Crippen molar-refractivity contribution in [2.24, 2.45) is 5.41 Å². The first kappa shape index (κ1) is 27.3. The summed E-state index contributed by atoms with van der Waals surface area (Å²) in [5.74, 6) is -1.59. The summed E-state index contributed by atoms with van der Waals surface area (Å²) in [5.41, 5.74) is 2.43. The van der Waals surface area contributed by atoms with Crippen LogP contribution in [0.25, 0.3) is 10.9 Å². The minimum Gasteiger partial charge on any atom is -0.479 e. The summed E-state index contributed by atoms with van der Waals surface area (Å²) in [6.07, 6.45) is 4.01. The quantitative estimate of drug-likeness (QED) is 0.240. The Kier molecular flexibility index (Phi) is 6.84. The number of anilines is 2. The average molecular weight is 563 g/mol. The number of aliphatic carboxylic acids is 1. The van der Waals surface area contributed by atoms with Gasteiger partial charge in [-0.3, -0.25) is 4.98 Å². The molecule has 40 heavy (non-hydrogen) atoms. The van der Waals surface area contributed by atoms with E-state index in [1.807, 2.05) is 6.07 Å². The van der Waals surface area contributed by atoms with Crippen LogP contribution < -0.4 is 10.6 Å². The molecular formula is C28H28ClFN8O2. The summed E-state index contributed by atoms with van der Waals surface area (Å²) >= 11 is 6.68. The normalized spacial score (nSPS) is 14.9. The van der Waals surface area contributed by atoms with Crippen molar-refractivity contribution >= 4 is 39.8 Å². The molecule has 0 aliphatic heterocycles. The smallest absolute Gasteiger partial charge is 0.331 e. The van der Waals surface area contributed by atoms with E-state index < -0.39 is 23.5 Å². The lowest BCUT2D eigenvalue weighted by molar-refractivity contribution is -0.142. The predicted octanol–water partition coefficient (Wildman–Crippen LogP) is 5.43. The largest absolute Gasteiger partial charge is 0.479 e. The summed E-state index contributed by atoms with van der Waals surface area (Å²) in [4.78, 5) is 20.3. The monoisotopic (exact) mass is 562 g/mol. The molecule has 10 nitrogen and oxygen atoms in total. The number of pyridine rings is 2. The number of aryl methyl sites for hydroxylation is 1. The molecule has 5 rings (SSSR count). The highest BCUT2D eigenvalue weighted by Crippen LogP contribution is 2.44. The number of carbonyl (C=O) groups is 1. The zero-order valence-electron chi connectivity index (χ0n) is 22.5. The molecule has 1 atom stereocenters. The first-order valence-electron chi connectivity index (χ1n) is 12.7. The van der Waals surface area contributed by atoms with Crippen molar-refractivity contribution in [1.82, 2.24) is 25.0 Å². The van der Waals surface area contributed by atoms with Crippen LogP contribution in [0.1, 0.15) is 62.2 Å². The zero-order chi connectivity index (χ0) is 28.8. The molecule has 12 heteroatoms. The molecule has 1 aromatic carbocycles. The Bertz CT molecular complexity index is 1670. The number of rotatable bonds is 8. The number of benzene rings is 1. The summed E-state index contributed by atoms with van der Waals surface area (Å²) in [5, 5.41) is 35.7. The first-order chi connectivity index (χ1) is 18.9. The van der Waals surface area contributed by atoms with E-state index >= 15 is 0 Å². The zero-order valence-corrected chi connectivity index (χ0v) is 23.2. The van der Waals surface area contributed by atoms with Crippen molar-refractivity contribution in [3.8, 4) is 6.07 Å². The van der Waals surface area contributed by atoms with Crippen LogP contribution >= 0.6 is 11.6 Å². The van der Waals surface area contributed by atoms with E-state index in [0.29, 0.717) is 69.2 Å². The third-order valence-corrected chi connectivity index (χ3v) is 7.21. The molecule has 3 heterocycles. The minimum absolute atomic E-state index is 0.0547. The van der Waals surface area contributed by atoms with Crippen LogP contribution in [-0.2, 0) is 10.3 Å². The summed E-state index contributed by atoms with van der Waals surface area (Å²) < 4.78 is 15.3. The fourth-order valence-corrected chi connectivity index (χ4v) is 4.84. The van der Waals surface area contributed by atoms with Gasteiger partial charge in [-0.05, 0) is 43.4 Å². The number of nitrogens with one attached hydrogen (secondary N) is 2. The van der Waals surface area contributed by atoms with E-state index in [4.69, 9.17) is 11.6 Å². The summed E-state index contributed by atoms with van der Waals surface area (Å²) in [6.45, 7) is 8.54. The molecule has 3 aromatic heterocycles. The van der Waals surface area contributed by atoms with Gasteiger partial charge in [-0.1, -0.05) is 43.7 Å². The number of fused-ring (bicyclic) bond motifs is 1. The van der Waals surface area contributed by atoms with Crippen LogP contribution in [0.3, 0.4) is 0 Å². The van der Waals surface area contributed by atoms with Crippen LogP contribution in [0.2, 0.25) is 5.02 Å². The van der Waals surface area contributed by atoms with Gasteiger partial charge >= 0.3 is 5.97 Å². The number of halogens is 2. The van der Waals surface area contributed by atoms with Crippen molar-refractivity contribution < 1.29 is 14.3 Å². The molecule has 0 amide bonds. The lowest BCUT2D eigenvalue weighted by Crippen LogP contribution is -2.27. The highest BCUT2D eigenvalue weighted by Gasteiger charge is 2.53. The highest BCUT2D eigenvalue weighted by atomic mass is 35.5. The van der Waals surface area contributed by atoms with Crippen molar-refractivity contribution in [2.45, 2.75) is 52.1 Å². The molecule has 4 aromatic rings. The lowest BCUT2D eigenvalue weighted by Gasteiger charge is -2.23. The van der Waals surface area contributed by atoms with E-state index in [1.165, 1.54) is 16.9 Å². The van der Waals surface area contributed by atoms with Gasteiger partial charge in [-0.15, -0.1) is 5.10 Å². The molecule has 0 bridgehead atoms. The summed E-state index contributed by atoms with van der Waals surface area (Å²) in [6, 6.07) is 7.94. The Balaban J connectivity index is 1.61. The number of carboxylic acid groups (broad SMARTS) is 1. The van der Waals surface area contributed by atoms with E-state index in [1.54, 1.807) is 25.3 Å². The molecule has 206 valence electrons. The molecule has 1 saturated carbocycles. The van der Waals surface area contributed by atoms with Crippen molar-refractivity contribution in [3.05, 3.63) is 70.1 Å². The molecule has 0 spiro atoms. The predicted molar refractivity (Wildman–Crippen MR) is 149 cm³/mol. The Morgan fingerprint density at radius 2 is 2.08 bits per heavy atom. The second-order valence-electron chi connectivity index (χ2n) is 11.2. The topological polar surface area (TPSA) is 142 Å². The Morgan fingerprint density at radius 3 is 2.70 bits per heavy atom. The van der Waals surface area contributed by atoms with Crippen LogP contribution in [0, 0.1) is 29.6 Å².